The lowest BCUT2D eigenvalue weighted by atomic mass is 9.97. The minimum atomic E-state index is -0.784. The Morgan fingerprint density at radius 3 is 2.36 bits per heavy atom. The number of aryl methyl sites for hydroxylation is 1. The highest BCUT2D eigenvalue weighted by Gasteiger charge is 2.45. The summed E-state index contributed by atoms with van der Waals surface area (Å²) in [5, 5.41) is 2.64. The average molecular weight is 464 g/mol. The molecule has 1 amide bonds. The zero-order valence-electron chi connectivity index (χ0n) is 18.4. The van der Waals surface area contributed by atoms with Crippen LogP contribution in [-0.2, 0) is 0 Å². The quantitative estimate of drug-likeness (QED) is 0.434. The number of hydrogen-bond acceptors (Lipinski definition) is 8. The van der Waals surface area contributed by atoms with Crippen molar-refractivity contribution in [3.63, 3.8) is 0 Å². The number of methoxy groups -OCH3 is 3. The van der Waals surface area contributed by atoms with Gasteiger partial charge < -0.3 is 18.6 Å². The molecule has 0 saturated carbocycles. The molecule has 5 rings (SSSR count). The first-order valence-electron chi connectivity index (χ1n) is 10.1. The van der Waals surface area contributed by atoms with Gasteiger partial charge in [0.25, 0.3) is 5.91 Å². The first kappa shape index (κ1) is 21.0. The molecule has 2 aromatic carbocycles. The maximum Gasteiger partial charge on any atom is 0.297 e. The van der Waals surface area contributed by atoms with Crippen molar-refractivity contribution in [3.8, 4) is 17.2 Å². The molecule has 0 spiro atoms. The van der Waals surface area contributed by atoms with E-state index in [9.17, 15) is 9.59 Å². The molecule has 4 aromatic rings. The summed E-state index contributed by atoms with van der Waals surface area (Å²) >= 11 is 1.30. The van der Waals surface area contributed by atoms with E-state index in [1.54, 1.807) is 35.8 Å². The van der Waals surface area contributed by atoms with Gasteiger partial charge in [0.2, 0.25) is 11.5 Å². The van der Waals surface area contributed by atoms with Crippen molar-refractivity contribution in [1.82, 2.24) is 4.98 Å². The van der Waals surface area contributed by atoms with E-state index >= 15 is 0 Å². The second-order valence-electron chi connectivity index (χ2n) is 7.52. The largest absolute Gasteiger partial charge is 0.493 e. The van der Waals surface area contributed by atoms with Crippen molar-refractivity contribution in [2.24, 2.45) is 0 Å². The summed E-state index contributed by atoms with van der Waals surface area (Å²) in [4.78, 5) is 33.1. The molecule has 3 heterocycles. The van der Waals surface area contributed by atoms with E-state index in [2.05, 4.69) is 4.98 Å². The molecule has 0 fully saturated rings. The Morgan fingerprint density at radius 2 is 1.76 bits per heavy atom. The number of aromatic nitrogens is 1. The topological polar surface area (TPSA) is 91.1 Å². The molecule has 8 nitrogen and oxygen atoms in total. The summed E-state index contributed by atoms with van der Waals surface area (Å²) in [6.07, 6.45) is 1.61. The highest BCUT2D eigenvalue weighted by atomic mass is 32.1. The number of amides is 1. The Bertz CT molecular complexity index is 1420. The average Bonchev–Trinajstić information content (AvgIpc) is 3.45. The van der Waals surface area contributed by atoms with E-state index in [1.807, 2.05) is 13.0 Å². The van der Waals surface area contributed by atoms with Crippen LogP contribution in [0.3, 0.4) is 0 Å². The van der Waals surface area contributed by atoms with Gasteiger partial charge in [0.05, 0.1) is 38.3 Å². The Kier molecular flexibility index (Phi) is 5.05. The Balaban J connectivity index is 1.84. The third-order valence-corrected chi connectivity index (χ3v) is 6.42. The highest BCUT2D eigenvalue weighted by molar-refractivity contribution is 7.13. The zero-order valence-corrected chi connectivity index (χ0v) is 19.2. The summed E-state index contributed by atoms with van der Waals surface area (Å²) < 4.78 is 22.5. The van der Waals surface area contributed by atoms with Crippen LogP contribution in [0.25, 0.3) is 11.0 Å². The molecule has 2 aromatic heterocycles. The predicted octanol–water partition coefficient (Wildman–Crippen LogP) is 4.33. The standard InChI is InChI=1S/C24H20N2O6S/c1-12-5-6-15-14(9-12)20(27)18-19(13-10-16(29-2)21(31-4)17(11-13)30-3)26(23(28)22(18)32-15)24-25-7-8-33-24/h5-11,19H,1-4H3. The maximum atomic E-state index is 13.7. The molecule has 33 heavy (non-hydrogen) atoms. The van der Waals surface area contributed by atoms with Crippen LogP contribution < -0.4 is 24.5 Å². The highest BCUT2D eigenvalue weighted by Crippen LogP contribution is 2.46. The third-order valence-electron chi connectivity index (χ3n) is 5.65. The van der Waals surface area contributed by atoms with Gasteiger partial charge in [-0.05, 0) is 36.8 Å². The van der Waals surface area contributed by atoms with E-state index in [4.69, 9.17) is 18.6 Å². The lowest BCUT2D eigenvalue weighted by Gasteiger charge is -2.24. The van der Waals surface area contributed by atoms with Crippen molar-refractivity contribution < 1.29 is 23.4 Å². The number of thiazole rings is 1. The van der Waals surface area contributed by atoms with Crippen LogP contribution in [0.4, 0.5) is 5.13 Å². The molecular formula is C24H20N2O6S. The Hall–Kier alpha value is -3.85. The molecule has 1 unspecified atom stereocenters. The molecule has 1 aliphatic rings. The monoisotopic (exact) mass is 464 g/mol. The SMILES string of the molecule is COc1cc(C2c3c(oc4ccc(C)cc4c3=O)C(=O)N2c2nccs2)cc(OC)c1OC. The molecule has 1 aliphatic heterocycles. The molecule has 0 N–H and O–H groups in total. The van der Waals surface area contributed by atoms with Gasteiger partial charge in [-0.2, -0.15) is 0 Å². The van der Waals surface area contributed by atoms with Crippen LogP contribution in [0.15, 0.2) is 51.1 Å². The normalized spacial score (nSPS) is 15.1. The third kappa shape index (κ3) is 3.15. The summed E-state index contributed by atoms with van der Waals surface area (Å²) in [5.41, 5.74) is 1.87. The van der Waals surface area contributed by atoms with Gasteiger partial charge in [-0.15, -0.1) is 11.3 Å². The minimum Gasteiger partial charge on any atom is -0.493 e. The van der Waals surface area contributed by atoms with Gasteiger partial charge >= 0.3 is 0 Å². The van der Waals surface area contributed by atoms with Crippen LogP contribution in [0.1, 0.15) is 33.3 Å². The van der Waals surface area contributed by atoms with Crippen molar-refractivity contribution in [3.05, 3.63) is 74.6 Å². The van der Waals surface area contributed by atoms with Gasteiger partial charge in [-0.3, -0.25) is 14.5 Å². The van der Waals surface area contributed by atoms with Crippen molar-refractivity contribution >= 4 is 33.3 Å². The summed E-state index contributed by atoms with van der Waals surface area (Å²) in [6.45, 7) is 1.90. The number of rotatable bonds is 5. The van der Waals surface area contributed by atoms with Crippen molar-refractivity contribution in [1.29, 1.82) is 0 Å². The number of anilines is 1. The maximum absolute atomic E-state index is 13.7. The van der Waals surface area contributed by atoms with Gasteiger partial charge in [0.15, 0.2) is 22.1 Å². The summed E-state index contributed by atoms with van der Waals surface area (Å²) in [6, 6.07) is 7.99. The predicted molar refractivity (Wildman–Crippen MR) is 124 cm³/mol. The zero-order chi connectivity index (χ0) is 23.3. The Labute approximate surface area is 192 Å². The first-order valence-corrected chi connectivity index (χ1v) is 11.0. The fourth-order valence-corrected chi connectivity index (χ4v) is 4.86. The Morgan fingerprint density at radius 1 is 1.03 bits per heavy atom. The second-order valence-corrected chi connectivity index (χ2v) is 8.40. The molecule has 0 saturated heterocycles. The van der Waals surface area contributed by atoms with Crippen LogP contribution >= 0.6 is 11.3 Å². The fourth-order valence-electron chi connectivity index (χ4n) is 4.19. The minimum absolute atomic E-state index is 0.00491. The van der Waals surface area contributed by atoms with Crippen LogP contribution in [0.5, 0.6) is 17.2 Å². The number of benzene rings is 2. The lowest BCUT2D eigenvalue weighted by molar-refractivity contribution is 0.0971. The van der Waals surface area contributed by atoms with E-state index in [0.29, 0.717) is 38.9 Å². The summed E-state index contributed by atoms with van der Waals surface area (Å²) in [5.74, 6) is 0.805. The van der Waals surface area contributed by atoms with Gasteiger partial charge in [0, 0.05) is 11.6 Å². The van der Waals surface area contributed by atoms with Gasteiger partial charge in [-0.1, -0.05) is 11.6 Å². The smallest absolute Gasteiger partial charge is 0.297 e. The fraction of sp³-hybridized carbons (Fsp3) is 0.208. The molecule has 0 aliphatic carbocycles. The van der Waals surface area contributed by atoms with Crippen LogP contribution in [-0.4, -0.2) is 32.2 Å². The molecule has 0 bridgehead atoms. The number of carbonyl (C=O) groups is 1. The molecular weight excluding hydrogens is 444 g/mol. The number of fused-ring (bicyclic) bond motifs is 2. The number of carbonyl (C=O) groups excluding carboxylic acids is 1. The van der Waals surface area contributed by atoms with Crippen LogP contribution in [0.2, 0.25) is 0 Å². The molecule has 9 heteroatoms. The summed E-state index contributed by atoms with van der Waals surface area (Å²) in [7, 11) is 4.54. The number of ether oxygens (including phenoxy) is 3. The van der Waals surface area contributed by atoms with E-state index in [-0.39, 0.29) is 16.8 Å². The molecule has 0 radical (unpaired) electrons. The van der Waals surface area contributed by atoms with Crippen molar-refractivity contribution in [2.75, 3.05) is 26.2 Å². The molecule has 1 atom stereocenters. The van der Waals surface area contributed by atoms with Crippen LogP contribution in [0, 0.1) is 6.92 Å². The second kappa shape index (κ2) is 7.93. The van der Waals surface area contributed by atoms with E-state index in [0.717, 1.165) is 5.56 Å². The van der Waals surface area contributed by atoms with E-state index in [1.165, 1.54) is 37.6 Å². The van der Waals surface area contributed by atoms with Gasteiger partial charge in [0.1, 0.15) is 5.58 Å². The first-order chi connectivity index (χ1) is 16.0. The number of nitrogens with zero attached hydrogens (tertiary/aromatic N) is 2. The lowest BCUT2D eigenvalue weighted by Crippen LogP contribution is -2.29. The molecule has 168 valence electrons. The van der Waals surface area contributed by atoms with E-state index < -0.39 is 11.9 Å². The number of hydrogen-bond donors (Lipinski definition) is 0. The van der Waals surface area contributed by atoms with Gasteiger partial charge in [-0.25, -0.2) is 4.98 Å². The van der Waals surface area contributed by atoms with Crippen molar-refractivity contribution in [2.45, 2.75) is 13.0 Å².